The van der Waals surface area contributed by atoms with E-state index in [2.05, 4.69) is 294 Å². The number of fused-ring (bicyclic) bond motifs is 5. The fraction of sp³-hybridized carbons (Fsp3) is 0.135. The van der Waals surface area contributed by atoms with Crippen LogP contribution in [0, 0.1) is 13.8 Å². The van der Waals surface area contributed by atoms with Crippen molar-refractivity contribution in [1.82, 2.24) is 0 Å². The lowest BCUT2D eigenvalue weighted by molar-refractivity contribution is 0.579. The summed E-state index contributed by atoms with van der Waals surface area (Å²) < 4.78 is 0. The number of hydrogen-bond acceptors (Lipinski definition) is 2. The summed E-state index contributed by atoms with van der Waals surface area (Å²) in [4.78, 5) is 4.95. The molecule has 2 heteroatoms. The number of benzene rings is 10. The van der Waals surface area contributed by atoms with Crippen molar-refractivity contribution in [2.75, 3.05) is 9.80 Å². The summed E-state index contributed by atoms with van der Waals surface area (Å²) in [6, 6.07) is 89.2. The van der Waals surface area contributed by atoms with Crippen molar-refractivity contribution < 1.29 is 0 Å². The van der Waals surface area contributed by atoms with Gasteiger partial charge in [0.05, 0.1) is 0 Å². The number of hydrogen-bond donors (Lipinski definition) is 0. The smallest absolute Gasteiger partial charge is 0.0467 e. The van der Waals surface area contributed by atoms with Gasteiger partial charge in [-0.3, -0.25) is 0 Å². The van der Waals surface area contributed by atoms with Crippen LogP contribution < -0.4 is 9.80 Å². The highest BCUT2D eigenvalue weighted by Gasteiger charge is 2.50. The molecule has 0 aromatic heterocycles. The topological polar surface area (TPSA) is 6.48 Å². The second-order valence-corrected chi connectivity index (χ2v) is 22.2. The van der Waals surface area contributed by atoms with Crippen LogP contribution in [0.1, 0.15) is 73.9 Å². The van der Waals surface area contributed by atoms with E-state index in [1.54, 1.807) is 0 Å². The minimum absolute atomic E-state index is 0.248. The Morgan fingerprint density at radius 3 is 0.921 bits per heavy atom. The molecule has 0 N–H and O–H groups in total. The molecule has 0 fully saturated rings. The van der Waals surface area contributed by atoms with E-state index < -0.39 is 0 Å². The van der Waals surface area contributed by atoms with Crippen molar-refractivity contribution in [1.29, 1.82) is 0 Å². The number of allylic oxidation sites excluding steroid dienone is 4. The van der Waals surface area contributed by atoms with Gasteiger partial charge in [-0.25, -0.2) is 0 Å². The van der Waals surface area contributed by atoms with Crippen LogP contribution in [0.5, 0.6) is 0 Å². The molecule has 0 saturated carbocycles. The minimum Gasteiger partial charge on any atom is -0.310 e. The fourth-order valence-corrected chi connectivity index (χ4v) is 13.2. The van der Waals surface area contributed by atoms with Crippen LogP contribution in [0.4, 0.5) is 34.1 Å². The number of rotatable bonds is 10. The van der Waals surface area contributed by atoms with Gasteiger partial charge in [-0.05, 0) is 200 Å². The summed E-state index contributed by atoms with van der Waals surface area (Å²) in [5, 5.41) is 0. The molecule has 0 atom stereocenters. The Bertz CT molecular complexity index is 3640. The molecule has 3 aliphatic carbocycles. The van der Waals surface area contributed by atoms with E-state index >= 15 is 0 Å². The van der Waals surface area contributed by atoms with Crippen molar-refractivity contribution in [2.24, 2.45) is 0 Å². The molecule has 0 bridgehead atoms. The molecule has 13 rings (SSSR count). The first kappa shape index (κ1) is 47.0. The average Bonchev–Trinajstić information content (AvgIpc) is 3.95. The highest BCUT2D eigenvalue weighted by molar-refractivity contribution is 5.99. The van der Waals surface area contributed by atoms with Gasteiger partial charge >= 0.3 is 0 Å². The summed E-state index contributed by atoms with van der Waals surface area (Å²) in [5.41, 5.74) is 30.6. The third kappa shape index (κ3) is 7.94. The monoisotopic (exact) mass is 978 g/mol. The number of aryl methyl sites for hydroxylation is 2. The summed E-state index contributed by atoms with van der Waals surface area (Å²) in [7, 11) is 0. The normalized spacial score (nSPS) is 14.7. The van der Waals surface area contributed by atoms with E-state index in [1.165, 1.54) is 112 Å². The van der Waals surface area contributed by atoms with Gasteiger partial charge in [-0.2, -0.15) is 0 Å². The van der Waals surface area contributed by atoms with E-state index in [0.29, 0.717) is 0 Å². The first-order valence-electron chi connectivity index (χ1n) is 27.0. The van der Waals surface area contributed by atoms with Crippen LogP contribution in [0.3, 0.4) is 0 Å². The second kappa shape index (κ2) is 18.6. The molecule has 10 aromatic rings. The van der Waals surface area contributed by atoms with Crippen molar-refractivity contribution >= 4 is 45.3 Å². The zero-order chi connectivity index (χ0) is 51.7. The summed E-state index contributed by atoms with van der Waals surface area (Å²) in [6.45, 7) is 14.7. The van der Waals surface area contributed by atoms with Crippen molar-refractivity contribution in [2.45, 2.75) is 65.2 Å². The maximum atomic E-state index is 2.53. The van der Waals surface area contributed by atoms with Crippen LogP contribution >= 0.6 is 0 Å². The van der Waals surface area contributed by atoms with Crippen molar-refractivity contribution in [3.8, 4) is 44.5 Å². The lowest BCUT2D eigenvalue weighted by Crippen LogP contribution is -2.28. The second-order valence-electron chi connectivity index (χ2n) is 22.2. The average molecular weight is 979 g/mol. The van der Waals surface area contributed by atoms with Crippen LogP contribution in [-0.2, 0) is 10.8 Å². The molecule has 0 spiro atoms. The third-order valence-electron chi connectivity index (χ3n) is 16.7. The molecule has 368 valence electrons. The predicted molar refractivity (Wildman–Crippen MR) is 323 cm³/mol. The zero-order valence-electron chi connectivity index (χ0n) is 44.4. The molecule has 10 aromatic carbocycles. The lowest BCUT2D eigenvalue weighted by Gasteiger charge is -2.36. The van der Waals surface area contributed by atoms with Gasteiger partial charge in [0.25, 0.3) is 0 Å². The van der Waals surface area contributed by atoms with E-state index in [1.807, 2.05) is 0 Å². The van der Waals surface area contributed by atoms with E-state index in [-0.39, 0.29) is 10.8 Å². The summed E-state index contributed by atoms with van der Waals surface area (Å²) in [6.07, 6.45) is 2.05. The summed E-state index contributed by atoms with van der Waals surface area (Å²) >= 11 is 0. The van der Waals surface area contributed by atoms with Gasteiger partial charge in [0, 0.05) is 45.0 Å². The molecular weight excluding hydrogens is 917 g/mol. The minimum atomic E-state index is -0.248. The van der Waals surface area contributed by atoms with Gasteiger partial charge in [-0.1, -0.05) is 198 Å². The molecule has 0 amide bonds. The lowest BCUT2D eigenvalue weighted by atomic mass is 9.68. The van der Waals surface area contributed by atoms with Crippen LogP contribution in [0.25, 0.3) is 55.7 Å². The molecule has 0 unspecified atom stereocenters. The van der Waals surface area contributed by atoms with E-state index in [0.717, 1.165) is 35.6 Å². The third-order valence-corrected chi connectivity index (χ3v) is 16.7. The molecule has 3 aliphatic rings. The Morgan fingerprint density at radius 2 is 0.579 bits per heavy atom. The quantitative estimate of drug-likeness (QED) is 0.135. The van der Waals surface area contributed by atoms with Crippen molar-refractivity contribution in [3.63, 3.8) is 0 Å². The Hall–Kier alpha value is -8.72. The van der Waals surface area contributed by atoms with E-state index in [4.69, 9.17) is 0 Å². The number of nitrogens with zero attached hydrogens (tertiary/aromatic N) is 2. The molecule has 76 heavy (non-hydrogen) atoms. The fourth-order valence-electron chi connectivity index (χ4n) is 13.2. The van der Waals surface area contributed by atoms with Gasteiger partial charge < -0.3 is 9.80 Å². The Labute approximate surface area is 449 Å². The van der Waals surface area contributed by atoms with Gasteiger partial charge in [0.2, 0.25) is 0 Å². The first-order chi connectivity index (χ1) is 37.0. The van der Waals surface area contributed by atoms with Gasteiger partial charge in [-0.15, -0.1) is 0 Å². The molecule has 0 aliphatic heterocycles. The molecule has 0 saturated heterocycles. The van der Waals surface area contributed by atoms with Gasteiger partial charge in [0.1, 0.15) is 0 Å². The van der Waals surface area contributed by atoms with Crippen LogP contribution in [-0.4, -0.2) is 0 Å². The number of anilines is 6. The molecule has 2 nitrogen and oxygen atoms in total. The largest absolute Gasteiger partial charge is 0.310 e. The van der Waals surface area contributed by atoms with Crippen molar-refractivity contribution in [3.05, 3.63) is 287 Å². The standard InChI is InChI=1S/C74H62N2/c1-49-43-63(75(59-37-33-55(34-38-59)51-21-11-7-12-22-51)61-31-19-29-57(45-61)53-25-15-9-16-26-53)47-67-69(49)65-41-42-66-70-50(2)44-64(48-68(70)74(5,6)72(66)71(65)73(67,3)4)76(60-39-35-56(36-40-60)52-23-13-8-14-24-52)62-32-20-30-58(46-62)54-27-17-10-18-28-54/h7-40,43-48H,41-42H2,1-6H3. The Balaban J connectivity index is 0.906. The van der Waals surface area contributed by atoms with E-state index in [9.17, 15) is 0 Å². The molecule has 0 radical (unpaired) electrons. The SMILES string of the molecule is Cc1cc(N(c2ccc(-c3ccccc3)cc2)c2cccc(-c3ccccc3)c2)cc2c1C1=C(C3=C(CC1)c1c(C)cc(N(c4ccc(-c5ccccc5)cc4)c4cccc(-c5ccccc5)c4)cc1C3(C)C)C2(C)C. The van der Waals surface area contributed by atoms with Gasteiger partial charge in [0.15, 0.2) is 0 Å². The molecule has 0 heterocycles. The molecular formula is C74H62N2. The Morgan fingerprint density at radius 1 is 0.276 bits per heavy atom. The maximum Gasteiger partial charge on any atom is 0.0467 e. The van der Waals surface area contributed by atoms with Crippen LogP contribution in [0.15, 0.2) is 254 Å². The zero-order valence-corrected chi connectivity index (χ0v) is 44.4. The highest BCUT2D eigenvalue weighted by Crippen LogP contribution is 2.64. The highest BCUT2D eigenvalue weighted by atomic mass is 15.1. The van der Waals surface area contributed by atoms with Crippen LogP contribution in [0.2, 0.25) is 0 Å². The predicted octanol–water partition coefficient (Wildman–Crippen LogP) is 20.5. The first-order valence-corrected chi connectivity index (χ1v) is 27.0. The maximum absolute atomic E-state index is 2.53. The summed E-state index contributed by atoms with van der Waals surface area (Å²) in [5.74, 6) is 0. The Kier molecular flexibility index (Phi) is 11.5.